The minimum Gasteiger partial charge on any atom is -0.480 e. The molecule has 230 valence electrons. The lowest BCUT2D eigenvalue weighted by molar-refractivity contribution is -0.148. The summed E-state index contributed by atoms with van der Waals surface area (Å²) in [4.78, 5) is 24.5. The van der Waals surface area contributed by atoms with E-state index in [1.165, 1.54) is 29.1 Å². The molecule has 3 aromatic rings. The maximum Gasteiger partial charge on any atom is 0.370 e. The van der Waals surface area contributed by atoms with Crippen molar-refractivity contribution in [1.82, 2.24) is 19.7 Å². The minimum atomic E-state index is -3.78. The number of benzene rings is 2. The number of carbonyl (C=O) groups is 2. The number of hydrogen-bond donors (Lipinski definition) is 6. The fraction of sp³-hybridized carbons (Fsp3) is 0.357. The number of aromatic nitrogens is 3. The molecule has 0 aliphatic carbocycles. The summed E-state index contributed by atoms with van der Waals surface area (Å²) < 4.78 is 34.2. The molecule has 0 unspecified atom stereocenters. The van der Waals surface area contributed by atoms with Crippen LogP contribution in [0.4, 0.5) is 5.69 Å². The van der Waals surface area contributed by atoms with Crippen LogP contribution >= 0.6 is 0 Å². The molecule has 5 atom stereocenters. The number of ether oxygens (including phenoxy) is 1. The number of nitrogens with one attached hydrogen (secondary N) is 2. The van der Waals surface area contributed by atoms with E-state index in [-0.39, 0.29) is 17.9 Å². The van der Waals surface area contributed by atoms with Crippen LogP contribution in [0, 0.1) is 12.8 Å². The van der Waals surface area contributed by atoms with Gasteiger partial charge in [0.25, 0.3) is 0 Å². The molecule has 0 saturated carbocycles. The zero-order chi connectivity index (χ0) is 31.3. The number of carbonyl (C=O) groups excluding carboxylic acids is 1. The number of aliphatic hydroxyl groups excluding tert-OH is 3. The van der Waals surface area contributed by atoms with Crippen LogP contribution < -0.4 is 10.0 Å². The largest absolute Gasteiger partial charge is 0.480 e. The van der Waals surface area contributed by atoms with Crippen LogP contribution in [0.2, 0.25) is 0 Å². The van der Waals surface area contributed by atoms with Gasteiger partial charge in [0.05, 0.1) is 29.4 Å². The van der Waals surface area contributed by atoms with Crippen molar-refractivity contribution in [3.05, 3.63) is 72.1 Å². The van der Waals surface area contributed by atoms with Gasteiger partial charge in [-0.05, 0) is 31.2 Å². The number of aliphatic hydroxyl groups is 3. The van der Waals surface area contributed by atoms with Crippen molar-refractivity contribution in [2.45, 2.75) is 49.5 Å². The van der Waals surface area contributed by atoms with Crippen molar-refractivity contribution in [2.75, 3.05) is 18.5 Å². The van der Waals surface area contributed by atoms with Crippen molar-refractivity contribution >= 4 is 27.6 Å². The summed E-state index contributed by atoms with van der Waals surface area (Å²) in [5, 5.41) is 50.3. The van der Waals surface area contributed by atoms with E-state index in [1.807, 2.05) is 6.92 Å². The normalized spacial score (nSPS) is 20.0. The number of sulfonamides is 1. The molecular weight excluding hydrogens is 582 g/mol. The molecule has 1 aromatic heterocycles. The first kappa shape index (κ1) is 31.8. The van der Waals surface area contributed by atoms with Crippen LogP contribution in [-0.4, -0.2) is 87.2 Å². The van der Waals surface area contributed by atoms with Gasteiger partial charge in [0, 0.05) is 24.4 Å². The summed E-state index contributed by atoms with van der Waals surface area (Å²) in [5.74, 6) is -2.90. The van der Waals surface area contributed by atoms with Crippen LogP contribution in [0.25, 0.3) is 11.3 Å². The Morgan fingerprint density at radius 2 is 1.81 bits per heavy atom. The van der Waals surface area contributed by atoms with E-state index >= 15 is 0 Å². The molecule has 0 saturated heterocycles. The smallest absolute Gasteiger partial charge is 0.370 e. The van der Waals surface area contributed by atoms with E-state index < -0.39 is 64.5 Å². The van der Waals surface area contributed by atoms with Crippen LogP contribution in [0.3, 0.4) is 0 Å². The van der Waals surface area contributed by atoms with Crippen molar-refractivity contribution in [3.63, 3.8) is 0 Å². The Bertz CT molecular complexity index is 1590. The Morgan fingerprint density at radius 1 is 1.12 bits per heavy atom. The van der Waals surface area contributed by atoms with Gasteiger partial charge in [-0.25, -0.2) is 22.6 Å². The Labute approximate surface area is 247 Å². The van der Waals surface area contributed by atoms with Crippen LogP contribution in [0.1, 0.15) is 24.9 Å². The van der Waals surface area contributed by atoms with Crippen LogP contribution in [-0.2, 0) is 24.3 Å². The third kappa shape index (κ3) is 7.44. The lowest BCUT2D eigenvalue weighted by Crippen LogP contribution is -2.48. The highest BCUT2D eigenvalue weighted by atomic mass is 32.2. The monoisotopic (exact) mass is 615 g/mol. The lowest BCUT2D eigenvalue weighted by Gasteiger charge is -2.37. The number of anilines is 1. The molecule has 15 heteroatoms. The van der Waals surface area contributed by atoms with Gasteiger partial charge in [-0.2, -0.15) is 0 Å². The number of amides is 1. The predicted octanol–water partition coefficient (Wildman–Crippen LogP) is 0.819. The van der Waals surface area contributed by atoms with E-state index in [4.69, 9.17) is 4.74 Å². The lowest BCUT2D eigenvalue weighted by atomic mass is 9.87. The Morgan fingerprint density at radius 3 is 2.49 bits per heavy atom. The number of carboxylic acids is 1. The minimum absolute atomic E-state index is 0.0986. The number of carboxylic acid groups (broad SMARTS) is 1. The molecule has 0 fully saturated rings. The van der Waals surface area contributed by atoms with Crippen molar-refractivity contribution in [3.8, 4) is 11.3 Å². The SMILES string of the molecule is Cc1ccc(S(=O)(=O)NCCC(=O)Nc2ccccc2-c2cn([C@H]3C=C(C(=O)O)O[C@@H]([C@H](O)[C@H](O)CO)[C@@H]3C)nn2)cc1. The number of rotatable bonds is 12. The summed E-state index contributed by atoms with van der Waals surface area (Å²) in [5.41, 5.74) is 2.15. The first-order valence-electron chi connectivity index (χ1n) is 13.4. The molecule has 43 heavy (non-hydrogen) atoms. The second-order valence-corrected chi connectivity index (χ2v) is 11.9. The standard InChI is InChI=1S/C28H33N5O9S/c1-16-7-9-18(10-8-16)43(40,41)29-12-11-25(36)30-20-6-4-3-5-19(20)21-14-33(32-31-21)22-13-24(28(38)39)42-27(17(22)2)26(37)23(35)15-34/h3-10,13-14,17,22-23,26-27,29,34-35,37H,11-12,15H2,1-2H3,(H,30,36)(H,38,39)/t17-,22+,23-,26-,27-/m1/s1. The average molecular weight is 616 g/mol. The first-order chi connectivity index (χ1) is 20.4. The molecule has 0 bridgehead atoms. The molecule has 1 amide bonds. The van der Waals surface area contributed by atoms with Crippen molar-refractivity contribution < 1.29 is 43.2 Å². The molecular formula is C28H33N5O9S. The quantitative estimate of drug-likeness (QED) is 0.168. The van der Waals surface area contributed by atoms with Crippen molar-refractivity contribution in [1.29, 1.82) is 0 Å². The van der Waals surface area contributed by atoms with E-state index in [2.05, 4.69) is 20.4 Å². The van der Waals surface area contributed by atoms with Gasteiger partial charge in [-0.1, -0.05) is 48.0 Å². The summed E-state index contributed by atoms with van der Waals surface area (Å²) in [6.45, 7) is 2.63. The van der Waals surface area contributed by atoms with Crippen molar-refractivity contribution in [2.24, 2.45) is 5.92 Å². The van der Waals surface area contributed by atoms with Gasteiger partial charge in [0.15, 0.2) is 0 Å². The maximum atomic E-state index is 12.7. The second-order valence-electron chi connectivity index (χ2n) is 10.1. The molecule has 4 rings (SSSR count). The highest BCUT2D eigenvalue weighted by Gasteiger charge is 2.41. The highest BCUT2D eigenvalue weighted by Crippen LogP contribution is 2.35. The van der Waals surface area contributed by atoms with E-state index in [0.29, 0.717) is 16.9 Å². The molecule has 1 aliphatic rings. The molecule has 2 aromatic carbocycles. The summed E-state index contributed by atoms with van der Waals surface area (Å²) in [7, 11) is -3.78. The third-order valence-corrected chi connectivity index (χ3v) is 8.52. The number of hydrogen-bond acceptors (Lipinski definition) is 10. The Balaban J connectivity index is 1.48. The zero-order valence-corrected chi connectivity index (χ0v) is 24.2. The zero-order valence-electron chi connectivity index (χ0n) is 23.4. The summed E-state index contributed by atoms with van der Waals surface area (Å²) >= 11 is 0. The first-order valence-corrected chi connectivity index (χ1v) is 14.9. The fourth-order valence-corrected chi connectivity index (χ4v) is 5.65. The van der Waals surface area contributed by atoms with Gasteiger partial charge in [0.1, 0.15) is 24.0 Å². The Kier molecular flexibility index (Phi) is 9.93. The fourth-order valence-electron chi connectivity index (χ4n) is 4.61. The molecule has 0 spiro atoms. The topological polar surface area (TPSA) is 213 Å². The Hall–Kier alpha value is -4.15. The van der Waals surface area contributed by atoms with Gasteiger partial charge in [-0.15, -0.1) is 5.10 Å². The number of aliphatic carboxylic acids is 1. The molecule has 2 heterocycles. The number of aryl methyl sites for hydroxylation is 1. The van der Waals surface area contributed by atoms with Gasteiger partial charge < -0.3 is 30.5 Å². The van der Waals surface area contributed by atoms with Gasteiger partial charge in [-0.3, -0.25) is 4.79 Å². The van der Waals surface area contributed by atoms with Crippen LogP contribution in [0.5, 0.6) is 0 Å². The molecule has 6 N–H and O–H groups in total. The van der Waals surface area contributed by atoms with E-state index in [1.54, 1.807) is 43.3 Å². The molecule has 0 radical (unpaired) electrons. The van der Waals surface area contributed by atoms with Crippen LogP contribution in [0.15, 0.2) is 71.5 Å². The summed E-state index contributed by atoms with van der Waals surface area (Å²) in [6, 6.07) is 12.3. The number of allylic oxidation sites excluding steroid dienone is 1. The van der Waals surface area contributed by atoms with E-state index in [0.717, 1.165) is 5.56 Å². The molecule has 1 aliphatic heterocycles. The predicted molar refractivity (Wildman–Crippen MR) is 153 cm³/mol. The highest BCUT2D eigenvalue weighted by molar-refractivity contribution is 7.89. The second kappa shape index (κ2) is 13.4. The van der Waals surface area contributed by atoms with Gasteiger partial charge >= 0.3 is 5.97 Å². The average Bonchev–Trinajstić information content (AvgIpc) is 3.46. The summed E-state index contributed by atoms with van der Waals surface area (Å²) in [6.07, 6.45) is -1.60. The number of para-hydroxylation sites is 1. The maximum absolute atomic E-state index is 12.7. The number of nitrogens with zero attached hydrogens (tertiary/aromatic N) is 3. The third-order valence-electron chi connectivity index (χ3n) is 7.04. The van der Waals surface area contributed by atoms with Gasteiger partial charge in [0.2, 0.25) is 21.7 Å². The van der Waals surface area contributed by atoms with E-state index in [9.17, 15) is 38.4 Å². The molecule has 14 nitrogen and oxygen atoms in total.